The van der Waals surface area contributed by atoms with Crippen LogP contribution in [0.2, 0.25) is 0 Å². The van der Waals surface area contributed by atoms with Gasteiger partial charge < -0.3 is 67.6 Å². The Morgan fingerprint density at radius 1 is 0.346 bits per heavy atom. The second kappa shape index (κ2) is 28.4. The molecule has 34 nitrogen and oxygen atoms in total. The lowest BCUT2D eigenvalue weighted by Gasteiger charge is -2.26. The molecule has 0 aliphatic carbocycles. The van der Waals surface area contributed by atoms with Crippen LogP contribution >= 0.6 is 54.8 Å². The van der Waals surface area contributed by atoms with Crippen LogP contribution in [0, 0.1) is 0 Å². The maximum atomic E-state index is 13.3. The fourth-order valence-corrected chi connectivity index (χ4v) is 15.3. The average Bonchev–Trinajstić information content (AvgIpc) is 4.17. The molecule has 23 unspecified atom stereocenters. The summed E-state index contributed by atoms with van der Waals surface area (Å²) in [4.78, 5) is 81.2. The van der Waals surface area contributed by atoms with Gasteiger partial charge in [0, 0.05) is 45.1 Å². The smallest absolute Gasteiger partial charge is 0.373 e. The minimum Gasteiger partial charge on any atom is -0.373 e. The van der Waals surface area contributed by atoms with Crippen molar-refractivity contribution in [1.29, 1.82) is 0 Å². The third-order valence-corrected chi connectivity index (χ3v) is 19.1. The van der Waals surface area contributed by atoms with Gasteiger partial charge in [0.1, 0.15) is 73.2 Å². The van der Waals surface area contributed by atoms with Crippen molar-refractivity contribution in [3.8, 4) is 0 Å². The lowest BCUT2D eigenvalue weighted by Crippen LogP contribution is -2.32. The van der Waals surface area contributed by atoms with Gasteiger partial charge in [0.2, 0.25) is 0 Å². The molecular weight excluding hydrogens is 1210 g/mol. The first kappa shape index (κ1) is 67.7. The number of hydrogen-bond donors (Lipinski definition) is 8. The molecule has 0 amide bonds. The van der Waals surface area contributed by atoms with E-state index >= 15 is 0 Å². The van der Waals surface area contributed by atoms with E-state index in [1.165, 1.54) is 6.92 Å². The highest BCUT2D eigenvalue weighted by Crippen LogP contribution is 2.55. The van der Waals surface area contributed by atoms with Crippen LogP contribution in [0.25, 0.3) is 0 Å². The molecular formula is C37H71O34P7. The van der Waals surface area contributed by atoms with Gasteiger partial charge in [-0.05, 0) is 41.5 Å². The van der Waals surface area contributed by atoms with Crippen molar-refractivity contribution in [1.82, 2.24) is 0 Å². The van der Waals surface area contributed by atoms with Crippen LogP contribution in [0.1, 0.15) is 80.1 Å². The molecule has 6 heterocycles. The van der Waals surface area contributed by atoms with Crippen LogP contribution < -0.4 is 0 Å². The molecule has 0 aromatic rings. The first-order valence-corrected chi connectivity index (χ1v) is 35.1. The highest BCUT2D eigenvalue weighted by Gasteiger charge is 2.48. The van der Waals surface area contributed by atoms with Crippen molar-refractivity contribution in [3.05, 3.63) is 0 Å². The van der Waals surface area contributed by atoms with Crippen molar-refractivity contribution < 1.29 is 158 Å². The molecule has 0 bridgehead atoms. The van der Waals surface area contributed by atoms with Crippen LogP contribution in [0.5, 0.6) is 0 Å². The summed E-state index contributed by atoms with van der Waals surface area (Å²) in [5, 5.41) is 0. The summed E-state index contributed by atoms with van der Waals surface area (Å²) < 4.78 is 189. The molecule has 6 fully saturated rings. The zero-order chi connectivity index (χ0) is 57.6. The van der Waals surface area contributed by atoms with Gasteiger partial charge in [-0.25, -0.2) is 32.0 Å². The number of rotatable bonds is 32. The first-order chi connectivity index (χ1) is 36.1. The van der Waals surface area contributed by atoms with E-state index in [4.69, 9.17) is 92.5 Å². The minimum atomic E-state index is -5.04. The molecule has 6 aliphatic heterocycles. The monoisotopic (exact) mass is 1280 g/mol. The fraction of sp³-hybridized carbons (Fsp3) is 1.00. The summed E-state index contributed by atoms with van der Waals surface area (Å²) in [6, 6.07) is 0. The van der Waals surface area contributed by atoms with Gasteiger partial charge in [-0.2, -0.15) is 0 Å². The Morgan fingerprint density at radius 3 is 0.833 bits per heavy atom. The molecule has 6 saturated heterocycles. The second-order valence-corrected chi connectivity index (χ2v) is 28.8. The summed E-state index contributed by atoms with van der Waals surface area (Å²) in [7, 11) is -34.2. The number of hydrogen-bond acceptors (Lipinski definition) is 26. The standard InChI is InChI=1S/C37H71O34P7/c1-7-54-73(41,42)67-28-11-22(3)62-34(28)18-58-76(47,48)70-30-13-24(5)64-36(30)20-60-78(51,52)71-31-14-25(6)65-37(31)19-59-77(49,50)69-29-12-23(4)63-35(29)17-57-74(43,44)66-26-8-9-53-32(26)15-56-75(45,46)68-27-10-21(2)61-33(27)16-55-72(38,39)40/h21-37H,7-20H2,1-6H3,(H,41,42)(H,43,44)(H,45,46)(H,47,48)(H,49,50)(H,51,52)(H2,38,39,40). The lowest BCUT2D eigenvalue weighted by atomic mass is 10.1. The van der Waals surface area contributed by atoms with Crippen molar-refractivity contribution >= 4 is 54.8 Å². The molecule has 6 rings (SSSR count). The number of phosphoric acid groups is 7. The summed E-state index contributed by atoms with van der Waals surface area (Å²) >= 11 is 0. The van der Waals surface area contributed by atoms with Gasteiger partial charge in [0.15, 0.2) is 0 Å². The van der Waals surface area contributed by atoms with Crippen LogP contribution in [0.3, 0.4) is 0 Å². The van der Waals surface area contributed by atoms with Gasteiger partial charge in [0.05, 0.1) is 76.8 Å². The van der Waals surface area contributed by atoms with Gasteiger partial charge in [-0.3, -0.25) is 58.8 Å². The van der Waals surface area contributed by atoms with Gasteiger partial charge in [-0.1, -0.05) is 0 Å². The van der Waals surface area contributed by atoms with E-state index < -0.39 is 198 Å². The van der Waals surface area contributed by atoms with E-state index in [2.05, 4.69) is 4.52 Å². The molecule has 0 spiro atoms. The quantitative estimate of drug-likeness (QED) is 0.0444. The maximum absolute atomic E-state index is 13.3. The number of phosphoric ester groups is 7. The van der Waals surface area contributed by atoms with Crippen LogP contribution in [0.15, 0.2) is 0 Å². The molecule has 8 N–H and O–H groups in total. The third kappa shape index (κ3) is 22.1. The minimum absolute atomic E-state index is 0.00578. The van der Waals surface area contributed by atoms with E-state index in [9.17, 15) is 61.3 Å². The Hall–Kier alpha value is 0.530. The van der Waals surface area contributed by atoms with Crippen molar-refractivity contribution in [2.45, 2.75) is 184 Å². The first-order valence-electron chi connectivity index (χ1n) is 24.6. The highest BCUT2D eigenvalue weighted by molar-refractivity contribution is 7.48. The molecule has 23 atom stereocenters. The SMILES string of the molecule is CCOP(=O)(O)OC1CC(C)OC1COP(=O)(O)OC1CC(C)OC1COP(=O)(O)OC1CC(C)OC1COP(=O)(O)OC1CC(C)OC1COP(=O)(O)OC1CCOC1COP(=O)(O)OC1CC(C)OC1COP(=O)(O)O. The second-order valence-electron chi connectivity index (χ2n) is 19.2. The van der Waals surface area contributed by atoms with Gasteiger partial charge in [-0.15, -0.1) is 0 Å². The molecule has 0 radical (unpaired) electrons. The summed E-state index contributed by atoms with van der Waals surface area (Å²) in [6.07, 6.45) is -16.9. The van der Waals surface area contributed by atoms with Gasteiger partial charge in [0.25, 0.3) is 0 Å². The van der Waals surface area contributed by atoms with Crippen molar-refractivity contribution in [2.24, 2.45) is 0 Å². The molecule has 0 aromatic carbocycles. The predicted octanol–water partition coefficient (Wildman–Crippen LogP) is 3.80. The van der Waals surface area contributed by atoms with E-state index in [-0.39, 0.29) is 51.7 Å². The Bertz CT molecular complexity index is 2300. The summed E-state index contributed by atoms with van der Waals surface area (Å²) in [6.45, 7) is 5.28. The largest absolute Gasteiger partial charge is 0.472 e. The topological polar surface area (TPSA) is 457 Å². The molecule has 458 valence electrons. The average molecular weight is 1280 g/mol. The van der Waals surface area contributed by atoms with Crippen LogP contribution in [-0.4, -0.2) is 196 Å². The predicted molar refractivity (Wildman–Crippen MR) is 257 cm³/mol. The van der Waals surface area contributed by atoms with E-state index in [1.807, 2.05) is 0 Å². The van der Waals surface area contributed by atoms with E-state index in [1.54, 1.807) is 34.6 Å². The van der Waals surface area contributed by atoms with Crippen molar-refractivity contribution in [3.63, 3.8) is 0 Å². The van der Waals surface area contributed by atoms with E-state index in [0.29, 0.717) is 0 Å². The Morgan fingerprint density at radius 2 is 0.577 bits per heavy atom. The molecule has 41 heteroatoms. The fourth-order valence-electron chi connectivity index (χ4n) is 9.18. The number of ether oxygens (including phenoxy) is 6. The zero-order valence-corrected chi connectivity index (χ0v) is 49.3. The molecule has 6 aliphatic rings. The summed E-state index contributed by atoms with van der Waals surface area (Å²) in [5.74, 6) is 0. The van der Waals surface area contributed by atoms with E-state index in [0.717, 1.165) is 0 Å². The highest BCUT2D eigenvalue weighted by atomic mass is 31.2. The molecule has 78 heavy (non-hydrogen) atoms. The van der Waals surface area contributed by atoms with Gasteiger partial charge >= 0.3 is 54.8 Å². The molecule has 0 aromatic heterocycles. The summed E-state index contributed by atoms with van der Waals surface area (Å²) in [5.41, 5.74) is 0. The maximum Gasteiger partial charge on any atom is 0.472 e. The Labute approximate surface area is 448 Å². The van der Waals surface area contributed by atoms with Crippen LogP contribution in [0.4, 0.5) is 0 Å². The Balaban J connectivity index is 0.935. The lowest BCUT2D eigenvalue weighted by molar-refractivity contribution is -0.0449. The van der Waals surface area contributed by atoms with Crippen molar-refractivity contribution in [2.75, 3.05) is 52.9 Å². The normalized spacial score (nSPS) is 39.3. The molecule has 0 saturated carbocycles. The Kier molecular flexibility index (Phi) is 24.6. The zero-order valence-electron chi connectivity index (χ0n) is 43.0. The third-order valence-electron chi connectivity index (χ3n) is 12.4. The van der Waals surface area contributed by atoms with Crippen LogP contribution in [-0.2, 0) is 119 Å².